The number of carbonyl (C=O) groups is 1. The molecule has 1 heterocycles. The number of halogens is 1. The Morgan fingerprint density at radius 1 is 1.75 bits per heavy atom. The van der Waals surface area contributed by atoms with Crippen molar-refractivity contribution in [3.63, 3.8) is 0 Å². The summed E-state index contributed by atoms with van der Waals surface area (Å²) >= 11 is 5.57. The third kappa shape index (κ3) is 1.43. The summed E-state index contributed by atoms with van der Waals surface area (Å²) < 4.78 is 1.52. The van der Waals surface area contributed by atoms with Crippen LogP contribution in [0.15, 0.2) is 6.33 Å². The molecule has 0 bridgehead atoms. The van der Waals surface area contributed by atoms with Crippen molar-refractivity contribution in [2.75, 3.05) is 0 Å². The van der Waals surface area contributed by atoms with Gasteiger partial charge in [0.15, 0.2) is 10.8 Å². The Morgan fingerprint density at radius 2 is 2.33 bits per heavy atom. The number of aromatic nitrogens is 2. The zero-order valence-electron chi connectivity index (χ0n) is 6.78. The van der Waals surface area contributed by atoms with Crippen molar-refractivity contribution in [1.29, 1.82) is 0 Å². The van der Waals surface area contributed by atoms with Crippen LogP contribution in [0.25, 0.3) is 0 Å². The Kier molecular flexibility index (Phi) is 2.38. The fourth-order valence-electron chi connectivity index (χ4n) is 0.929. The molecule has 0 spiro atoms. The van der Waals surface area contributed by atoms with E-state index < -0.39 is 5.97 Å². The fourth-order valence-corrected chi connectivity index (χ4v) is 1.15. The predicted molar refractivity (Wildman–Crippen MR) is 44.6 cm³/mol. The van der Waals surface area contributed by atoms with Crippen molar-refractivity contribution in [2.24, 2.45) is 0 Å². The highest BCUT2D eigenvalue weighted by Crippen LogP contribution is 2.17. The smallest absolute Gasteiger partial charge is 0.355 e. The minimum absolute atomic E-state index is 0.0381. The van der Waals surface area contributed by atoms with Gasteiger partial charge in [0.25, 0.3) is 0 Å². The second-order valence-electron chi connectivity index (χ2n) is 2.69. The van der Waals surface area contributed by atoms with Gasteiger partial charge in [-0.15, -0.1) is 0 Å². The van der Waals surface area contributed by atoms with E-state index in [0.717, 1.165) is 0 Å². The molecule has 1 rings (SSSR count). The molecule has 1 aromatic rings. The van der Waals surface area contributed by atoms with E-state index in [1.54, 1.807) is 0 Å². The van der Waals surface area contributed by atoms with Crippen LogP contribution in [0.2, 0.25) is 5.15 Å². The van der Waals surface area contributed by atoms with Crippen LogP contribution in [0, 0.1) is 0 Å². The molecular weight excluding hydrogens is 180 g/mol. The highest BCUT2D eigenvalue weighted by molar-refractivity contribution is 6.32. The molecular formula is C7H9ClN2O2. The summed E-state index contributed by atoms with van der Waals surface area (Å²) in [4.78, 5) is 14.4. The van der Waals surface area contributed by atoms with Crippen LogP contribution < -0.4 is 0 Å². The van der Waals surface area contributed by atoms with Gasteiger partial charge in [-0.2, -0.15) is 0 Å². The fraction of sp³-hybridized carbons (Fsp3) is 0.429. The molecule has 5 heteroatoms. The molecule has 0 saturated heterocycles. The topological polar surface area (TPSA) is 55.1 Å². The molecule has 0 aliphatic heterocycles. The molecule has 0 amide bonds. The molecule has 0 unspecified atom stereocenters. The van der Waals surface area contributed by atoms with Crippen molar-refractivity contribution in [3.05, 3.63) is 17.2 Å². The Balaban J connectivity index is 3.21. The maximum Gasteiger partial charge on any atom is 0.355 e. The number of nitrogens with zero attached hydrogens (tertiary/aromatic N) is 2. The number of imidazole rings is 1. The van der Waals surface area contributed by atoms with Crippen LogP contribution in [0.5, 0.6) is 0 Å². The first kappa shape index (κ1) is 9.06. The number of carboxylic acid groups (broad SMARTS) is 1. The standard InChI is InChI=1S/C7H9ClN2O2/c1-4(2)10-3-9-6(8)5(10)7(11)12/h3-4H,1-2H3,(H,11,12). The Morgan fingerprint density at radius 3 is 2.67 bits per heavy atom. The SMILES string of the molecule is CC(C)n1cnc(Cl)c1C(=O)O. The molecule has 0 atom stereocenters. The molecule has 0 aromatic carbocycles. The van der Waals surface area contributed by atoms with Gasteiger partial charge in [-0.3, -0.25) is 0 Å². The Bertz CT molecular complexity index is 306. The molecule has 0 aliphatic carbocycles. The summed E-state index contributed by atoms with van der Waals surface area (Å²) in [5.41, 5.74) is 0.0478. The van der Waals surface area contributed by atoms with Gasteiger partial charge >= 0.3 is 5.97 Å². The number of aromatic carboxylic acids is 1. The van der Waals surface area contributed by atoms with Crippen molar-refractivity contribution in [3.8, 4) is 0 Å². The largest absolute Gasteiger partial charge is 0.476 e. The van der Waals surface area contributed by atoms with E-state index in [4.69, 9.17) is 16.7 Å². The molecule has 66 valence electrons. The lowest BCUT2D eigenvalue weighted by Crippen LogP contribution is -2.09. The second kappa shape index (κ2) is 3.15. The average molecular weight is 189 g/mol. The first-order valence-corrected chi connectivity index (χ1v) is 3.87. The van der Waals surface area contributed by atoms with Gasteiger partial charge in [0.1, 0.15) is 0 Å². The van der Waals surface area contributed by atoms with E-state index in [1.807, 2.05) is 13.8 Å². The van der Waals surface area contributed by atoms with Crippen LogP contribution in [-0.2, 0) is 0 Å². The van der Waals surface area contributed by atoms with Gasteiger partial charge in [-0.05, 0) is 13.8 Å². The van der Waals surface area contributed by atoms with Gasteiger partial charge in [0.05, 0.1) is 6.33 Å². The zero-order chi connectivity index (χ0) is 9.30. The summed E-state index contributed by atoms with van der Waals surface area (Å²) in [5, 5.41) is 8.78. The van der Waals surface area contributed by atoms with Crippen LogP contribution in [-0.4, -0.2) is 20.6 Å². The normalized spacial score (nSPS) is 10.7. The van der Waals surface area contributed by atoms with Crippen molar-refractivity contribution >= 4 is 17.6 Å². The third-order valence-electron chi connectivity index (χ3n) is 1.51. The second-order valence-corrected chi connectivity index (χ2v) is 3.05. The minimum atomic E-state index is -1.05. The summed E-state index contributed by atoms with van der Waals surface area (Å²) in [6.07, 6.45) is 1.43. The van der Waals surface area contributed by atoms with Gasteiger partial charge in [0.2, 0.25) is 0 Å². The molecule has 0 aliphatic rings. The van der Waals surface area contributed by atoms with Crippen LogP contribution in [0.1, 0.15) is 30.4 Å². The zero-order valence-corrected chi connectivity index (χ0v) is 7.54. The molecule has 1 aromatic heterocycles. The number of hydrogen-bond acceptors (Lipinski definition) is 2. The summed E-state index contributed by atoms with van der Waals surface area (Å²) in [5.74, 6) is -1.05. The Labute approximate surface area is 74.8 Å². The summed E-state index contributed by atoms with van der Waals surface area (Å²) in [6.45, 7) is 3.73. The maximum atomic E-state index is 10.7. The van der Waals surface area contributed by atoms with Crippen LogP contribution >= 0.6 is 11.6 Å². The maximum absolute atomic E-state index is 10.7. The van der Waals surface area contributed by atoms with E-state index in [9.17, 15) is 4.79 Å². The monoisotopic (exact) mass is 188 g/mol. The number of hydrogen-bond donors (Lipinski definition) is 1. The lowest BCUT2D eigenvalue weighted by Gasteiger charge is -2.07. The number of rotatable bonds is 2. The summed E-state index contributed by atoms with van der Waals surface area (Å²) in [7, 11) is 0. The first-order valence-electron chi connectivity index (χ1n) is 3.49. The van der Waals surface area contributed by atoms with Gasteiger partial charge in [0, 0.05) is 6.04 Å². The summed E-state index contributed by atoms with van der Waals surface area (Å²) in [6, 6.07) is 0.0519. The van der Waals surface area contributed by atoms with Gasteiger partial charge in [-0.25, -0.2) is 9.78 Å². The molecule has 0 radical (unpaired) electrons. The lowest BCUT2D eigenvalue weighted by molar-refractivity contribution is 0.0683. The predicted octanol–water partition coefficient (Wildman–Crippen LogP) is 1.82. The van der Waals surface area contributed by atoms with E-state index in [2.05, 4.69) is 4.98 Å². The average Bonchev–Trinajstić information content (AvgIpc) is 2.30. The first-order chi connectivity index (χ1) is 5.54. The molecule has 0 fully saturated rings. The molecule has 12 heavy (non-hydrogen) atoms. The van der Waals surface area contributed by atoms with Crippen LogP contribution in [0.4, 0.5) is 0 Å². The van der Waals surface area contributed by atoms with Gasteiger partial charge < -0.3 is 9.67 Å². The van der Waals surface area contributed by atoms with E-state index in [-0.39, 0.29) is 16.9 Å². The quantitative estimate of drug-likeness (QED) is 0.770. The minimum Gasteiger partial charge on any atom is -0.476 e. The van der Waals surface area contributed by atoms with Crippen molar-refractivity contribution in [1.82, 2.24) is 9.55 Å². The molecule has 4 nitrogen and oxygen atoms in total. The molecule has 0 saturated carbocycles. The third-order valence-corrected chi connectivity index (χ3v) is 1.78. The number of carboxylic acids is 1. The van der Waals surface area contributed by atoms with Crippen molar-refractivity contribution < 1.29 is 9.90 Å². The molecule has 1 N–H and O–H groups in total. The highest BCUT2D eigenvalue weighted by Gasteiger charge is 2.17. The van der Waals surface area contributed by atoms with E-state index >= 15 is 0 Å². The van der Waals surface area contributed by atoms with E-state index in [0.29, 0.717) is 0 Å². The van der Waals surface area contributed by atoms with Gasteiger partial charge in [-0.1, -0.05) is 11.6 Å². The van der Waals surface area contributed by atoms with Crippen molar-refractivity contribution in [2.45, 2.75) is 19.9 Å². The lowest BCUT2D eigenvalue weighted by atomic mass is 10.3. The Hall–Kier alpha value is -1.03. The van der Waals surface area contributed by atoms with Crippen LogP contribution in [0.3, 0.4) is 0 Å². The highest BCUT2D eigenvalue weighted by atomic mass is 35.5. The van der Waals surface area contributed by atoms with E-state index in [1.165, 1.54) is 10.9 Å².